The van der Waals surface area contributed by atoms with Crippen molar-refractivity contribution in [1.29, 1.82) is 0 Å². The molecule has 3 N–H and O–H groups in total. The molecule has 0 spiro atoms. The number of hydrogen-bond acceptors (Lipinski definition) is 2. The zero-order valence-corrected chi connectivity index (χ0v) is 18.3. The third-order valence-electron chi connectivity index (χ3n) is 4.97. The zero-order valence-electron chi connectivity index (χ0n) is 18.3. The van der Waals surface area contributed by atoms with E-state index < -0.39 is 35.3 Å². The Balaban J connectivity index is 1.90. The van der Waals surface area contributed by atoms with Gasteiger partial charge in [-0.1, -0.05) is 42.5 Å². The van der Waals surface area contributed by atoms with E-state index in [4.69, 9.17) is 5.73 Å². The fraction of sp³-hybridized carbons (Fsp3) is 0.0769. The van der Waals surface area contributed by atoms with E-state index in [-0.39, 0.29) is 11.1 Å². The van der Waals surface area contributed by atoms with Gasteiger partial charge in [-0.05, 0) is 59.2 Å². The monoisotopic (exact) mass is 504 g/mol. The lowest BCUT2D eigenvalue weighted by atomic mass is 9.95. The first kappa shape index (κ1) is 26.3. The summed E-state index contributed by atoms with van der Waals surface area (Å²) in [7, 11) is 0. The van der Waals surface area contributed by atoms with Crippen LogP contribution in [-0.4, -0.2) is 11.8 Å². The van der Waals surface area contributed by atoms with E-state index >= 15 is 0 Å². The second kappa shape index (κ2) is 10.5. The van der Waals surface area contributed by atoms with Gasteiger partial charge in [0.15, 0.2) is 0 Å². The van der Waals surface area contributed by atoms with Crippen molar-refractivity contribution in [3.63, 3.8) is 0 Å². The molecule has 0 atom stereocenters. The number of carbonyl (C=O) groups excluding carboxylic acids is 2. The largest absolute Gasteiger partial charge is 0.416 e. The molecule has 0 aliphatic rings. The third kappa shape index (κ3) is 6.84. The van der Waals surface area contributed by atoms with Crippen LogP contribution in [0, 0.1) is 0 Å². The number of anilines is 1. The van der Waals surface area contributed by atoms with E-state index in [9.17, 15) is 35.9 Å². The highest BCUT2D eigenvalue weighted by Crippen LogP contribution is 2.33. The molecule has 0 saturated heterocycles. The number of allylic oxidation sites excluding steroid dienone is 2. The van der Waals surface area contributed by atoms with E-state index in [1.165, 1.54) is 60.7 Å². The highest BCUT2D eigenvalue weighted by molar-refractivity contribution is 6.01. The van der Waals surface area contributed by atoms with Crippen LogP contribution in [0.3, 0.4) is 0 Å². The lowest BCUT2D eigenvalue weighted by molar-refractivity contribution is -0.138. The minimum Gasteiger partial charge on any atom is -0.366 e. The van der Waals surface area contributed by atoms with Crippen LogP contribution in [-0.2, 0) is 17.1 Å². The molecule has 186 valence electrons. The average molecular weight is 504 g/mol. The quantitative estimate of drug-likeness (QED) is 0.230. The number of rotatable bonds is 6. The fourth-order valence-corrected chi connectivity index (χ4v) is 3.20. The molecule has 0 saturated carbocycles. The fourth-order valence-electron chi connectivity index (χ4n) is 3.20. The molecule has 0 aliphatic carbocycles. The molecular weight excluding hydrogens is 486 g/mol. The maximum Gasteiger partial charge on any atom is 0.416 e. The molecule has 36 heavy (non-hydrogen) atoms. The Bertz CT molecular complexity index is 1250. The second-order valence-corrected chi connectivity index (χ2v) is 7.52. The van der Waals surface area contributed by atoms with Crippen molar-refractivity contribution in [3.05, 3.63) is 119 Å². The number of carbonyl (C=O) groups is 2. The maximum atomic E-state index is 12.9. The number of alkyl halides is 6. The molecular formula is C26H18F6N2O2. The number of primary amides is 1. The van der Waals surface area contributed by atoms with Gasteiger partial charge in [0.25, 0.3) is 0 Å². The van der Waals surface area contributed by atoms with Crippen LogP contribution < -0.4 is 11.1 Å². The Labute approximate surface area is 201 Å². The Kier molecular flexibility index (Phi) is 7.67. The van der Waals surface area contributed by atoms with Gasteiger partial charge in [-0.2, -0.15) is 26.3 Å². The van der Waals surface area contributed by atoms with Crippen molar-refractivity contribution in [1.82, 2.24) is 0 Å². The van der Waals surface area contributed by atoms with E-state index in [1.807, 2.05) is 0 Å². The first-order valence-electron chi connectivity index (χ1n) is 10.3. The molecule has 0 heterocycles. The van der Waals surface area contributed by atoms with Gasteiger partial charge in [0, 0.05) is 17.3 Å². The van der Waals surface area contributed by atoms with Gasteiger partial charge in [0.1, 0.15) is 0 Å². The van der Waals surface area contributed by atoms with Crippen LogP contribution >= 0.6 is 0 Å². The summed E-state index contributed by atoms with van der Waals surface area (Å²) in [5.41, 5.74) is 4.80. The van der Waals surface area contributed by atoms with Crippen LogP contribution in [0.4, 0.5) is 32.0 Å². The third-order valence-corrected chi connectivity index (χ3v) is 4.97. The molecule has 2 amide bonds. The molecule has 3 aromatic rings. The Morgan fingerprint density at radius 1 is 0.722 bits per heavy atom. The summed E-state index contributed by atoms with van der Waals surface area (Å²) in [6.45, 7) is 0. The normalized spacial score (nSPS) is 11.8. The number of halogens is 6. The van der Waals surface area contributed by atoms with Gasteiger partial charge in [0.2, 0.25) is 11.8 Å². The second-order valence-electron chi connectivity index (χ2n) is 7.52. The SMILES string of the molecule is NC(=O)c1cccc(NC(=O)/C=C/C=C(c2ccc(C(F)(F)F)cc2)c2ccc(C(F)(F)F)cc2)c1. The summed E-state index contributed by atoms with van der Waals surface area (Å²) >= 11 is 0. The van der Waals surface area contributed by atoms with Crippen molar-refractivity contribution in [2.75, 3.05) is 5.32 Å². The summed E-state index contributed by atoms with van der Waals surface area (Å²) in [5, 5.41) is 2.53. The summed E-state index contributed by atoms with van der Waals surface area (Å²) in [5.74, 6) is -1.27. The predicted octanol–water partition coefficient (Wildman–Crippen LogP) is 6.45. The first-order chi connectivity index (χ1) is 16.8. The standard InChI is InChI=1S/C26H18F6N2O2/c27-25(28,29)19-11-7-16(8-12-19)22(17-9-13-20(14-10-17)26(30,31)32)5-2-6-23(35)34-21-4-1-3-18(15-21)24(33)36/h1-15H,(H2,33,36)(H,34,35)/b6-2+. The number of amides is 2. The average Bonchev–Trinajstić information content (AvgIpc) is 2.81. The lowest BCUT2D eigenvalue weighted by Crippen LogP contribution is -2.12. The molecule has 4 nitrogen and oxygen atoms in total. The number of benzene rings is 3. The van der Waals surface area contributed by atoms with Crippen molar-refractivity contribution >= 4 is 23.1 Å². The first-order valence-corrected chi connectivity index (χ1v) is 10.3. The number of nitrogens with one attached hydrogen (secondary N) is 1. The Hall–Kier alpha value is -4.34. The maximum absolute atomic E-state index is 12.9. The van der Waals surface area contributed by atoms with Crippen molar-refractivity contribution in [2.45, 2.75) is 12.4 Å². The van der Waals surface area contributed by atoms with Crippen LogP contribution in [0.1, 0.15) is 32.6 Å². The van der Waals surface area contributed by atoms with Crippen molar-refractivity contribution in [2.24, 2.45) is 5.73 Å². The topological polar surface area (TPSA) is 72.2 Å². The number of hydrogen-bond donors (Lipinski definition) is 2. The van der Waals surface area contributed by atoms with Gasteiger partial charge < -0.3 is 11.1 Å². The molecule has 0 bridgehead atoms. The van der Waals surface area contributed by atoms with Crippen LogP contribution in [0.25, 0.3) is 5.57 Å². The van der Waals surface area contributed by atoms with E-state index in [0.29, 0.717) is 16.8 Å². The van der Waals surface area contributed by atoms with Gasteiger partial charge in [-0.15, -0.1) is 0 Å². The minimum absolute atomic E-state index is 0.184. The van der Waals surface area contributed by atoms with E-state index in [2.05, 4.69) is 5.32 Å². The van der Waals surface area contributed by atoms with E-state index in [0.717, 1.165) is 30.3 Å². The molecule has 0 unspecified atom stereocenters. The molecule has 3 rings (SSSR count). The van der Waals surface area contributed by atoms with Crippen molar-refractivity contribution < 1.29 is 35.9 Å². The highest BCUT2D eigenvalue weighted by Gasteiger charge is 2.31. The minimum atomic E-state index is -4.55. The summed E-state index contributed by atoms with van der Waals surface area (Å²) in [4.78, 5) is 23.5. The van der Waals surface area contributed by atoms with Gasteiger partial charge in [-0.25, -0.2) is 0 Å². The van der Waals surface area contributed by atoms with Gasteiger partial charge in [0.05, 0.1) is 11.1 Å². The zero-order chi connectivity index (χ0) is 26.5. The summed E-state index contributed by atoms with van der Waals surface area (Å²) in [6, 6.07) is 14.1. The smallest absolute Gasteiger partial charge is 0.366 e. The Morgan fingerprint density at radius 3 is 1.67 bits per heavy atom. The Morgan fingerprint density at radius 2 is 1.22 bits per heavy atom. The molecule has 10 heteroatoms. The molecule has 0 radical (unpaired) electrons. The molecule has 0 aliphatic heterocycles. The molecule has 3 aromatic carbocycles. The summed E-state index contributed by atoms with van der Waals surface area (Å²) in [6.07, 6.45) is -5.30. The van der Waals surface area contributed by atoms with Crippen LogP contribution in [0.2, 0.25) is 0 Å². The lowest BCUT2D eigenvalue weighted by Gasteiger charge is -2.12. The van der Waals surface area contributed by atoms with Gasteiger partial charge >= 0.3 is 12.4 Å². The van der Waals surface area contributed by atoms with Gasteiger partial charge in [-0.3, -0.25) is 9.59 Å². The highest BCUT2D eigenvalue weighted by atomic mass is 19.4. The molecule has 0 fully saturated rings. The van der Waals surface area contributed by atoms with Crippen LogP contribution in [0.5, 0.6) is 0 Å². The van der Waals surface area contributed by atoms with E-state index in [1.54, 1.807) is 0 Å². The van der Waals surface area contributed by atoms with Crippen LogP contribution in [0.15, 0.2) is 91.0 Å². The predicted molar refractivity (Wildman–Crippen MR) is 123 cm³/mol. The summed E-state index contributed by atoms with van der Waals surface area (Å²) < 4.78 is 77.6. The molecule has 0 aromatic heterocycles. The van der Waals surface area contributed by atoms with Crippen molar-refractivity contribution in [3.8, 4) is 0 Å². The number of nitrogens with two attached hydrogens (primary N) is 1.